The van der Waals surface area contributed by atoms with Crippen LogP contribution in [0.5, 0.6) is 0 Å². The lowest BCUT2D eigenvalue weighted by atomic mass is 10.2. The second kappa shape index (κ2) is 6.40. The number of morpholine rings is 1. The molecule has 1 aliphatic rings. The van der Waals surface area contributed by atoms with Crippen LogP contribution in [0.2, 0.25) is 0 Å². The number of hydrogen-bond donors (Lipinski definition) is 0. The zero-order valence-corrected chi connectivity index (χ0v) is 14.1. The van der Waals surface area contributed by atoms with E-state index in [2.05, 4.69) is 15.0 Å². The van der Waals surface area contributed by atoms with Gasteiger partial charge in [0.15, 0.2) is 0 Å². The first-order valence-electron chi connectivity index (χ1n) is 7.39. The van der Waals surface area contributed by atoms with Crippen LogP contribution in [0.25, 0.3) is 11.3 Å². The van der Waals surface area contributed by atoms with E-state index in [0.29, 0.717) is 36.8 Å². The van der Waals surface area contributed by atoms with E-state index in [9.17, 15) is 12.8 Å². The van der Waals surface area contributed by atoms with Gasteiger partial charge in [-0.2, -0.15) is 0 Å². The van der Waals surface area contributed by atoms with E-state index in [-0.39, 0.29) is 11.2 Å². The molecule has 3 rings (SSSR count). The molecular weight excluding hydrogens is 335 g/mol. The molecule has 3 heterocycles. The van der Waals surface area contributed by atoms with Gasteiger partial charge in [-0.15, -0.1) is 0 Å². The van der Waals surface area contributed by atoms with Crippen molar-refractivity contribution >= 4 is 15.7 Å². The van der Waals surface area contributed by atoms with Crippen LogP contribution >= 0.6 is 0 Å². The van der Waals surface area contributed by atoms with E-state index in [4.69, 9.17) is 4.74 Å². The Morgan fingerprint density at radius 1 is 1.29 bits per heavy atom. The molecule has 0 bridgehead atoms. The predicted molar refractivity (Wildman–Crippen MR) is 86.0 cm³/mol. The third kappa shape index (κ3) is 3.51. The van der Waals surface area contributed by atoms with Crippen molar-refractivity contribution in [1.29, 1.82) is 0 Å². The maximum Gasteiger partial charge on any atom is 0.249 e. The van der Waals surface area contributed by atoms with Gasteiger partial charge in [-0.1, -0.05) is 0 Å². The van der Waals surface area contributed by atoms with Gasteiger partial charge in [-0.3, -0.25) is 4.98 Å². The topological polar surface area (TPSA) is 85.3 Å². The summed E-state index contributed by atoms with van der Waals surface area (Å²) in [6.45, 7) is 3.60. The van der Waals surface area contributed by atoms with E-state index in [1.54, 1.807) is 6.07 Å². The zero-order valence-electron chi connectivity index (χ0n) is 13.3. The molecule has 24 heavy (non-hydrogen) atoms. The first-order valence-corrected chi connectivity index (χ1v) is 9.28. The van der Waals surface area contributed by atoms with Gasteiger partial charge < -0.3 is 9.64 Å². The Kier molecular flexibility index (Phi) is 4.46. The number of nitrogens with zero attached hydrogens (tertiary/aromatic N) is 4. The summed E-state index contributed by atoms with van der Waals surface area (Å²) in [6, 6.07) is 2.94. The second-order valence-corrected chi connectivity index (χ2v) is 7.58. The summed E-state index contributed by atoms with van der Waals surface area (Å²) in [6.07, 6.45) is 3.56. The molecule has 0 spiro atoms. The van der Waals surface area contributed by atoms with Crippen molar-refractivity contribution in [3.05, 3.63) is 30.3 Å². The van der Waals surface area contributed by atoms with E-state index in [1.165, 1.54) is 12.3 Å². The predicted octanol–water partition coefficient (Wildman–Crippen LogP) is 1.31. The van der Waals surface area contributed by atoms with Gasteiger partial charge in [0.25, 0.3) is 0 Å². The van der Waals surface area contributed by atoms with Crippen molar-refractivity contribution < 1.29 is 17.5 Å². The number of aromatic nitrogens is 3. The van der Waals surface area contributed by atoms with Gasteiger partial charge in [0.05, 0.1) is 31.1 Å². The van der Waals surface area contributed by atoms with Crippen molar-refractivity contribution in [1.82, 2.24) is 15.0 Å². The quantitative estimate of drug-likeness (QED) is 0.770. The van der Waals surface area contributed by atoms with Gasteiger partial charge in [0, 0.05) is 30.6 Å². The molecule has 7 nitrogen and oxygen atoms in total. The number of hydrogen-bond acceptors (Lipinski definition) is 7. The molecule has 2 aromatic heterocycles. The molecule has 1 aliphatic heterocycles. The molecule has 1 atom stereocenters. The van der Waals surface area contributed by atoms with Crippen LogP contribution in [0, 0.1) is 5.82 Å². The van der Waals surface area contributed by atoms with E-state index >= 15 is 0 Å². The molecule has 0 radical (unpaired) electrons. The third-order valence-corrected chi connectivity index (χ3v) is 4.53. The van der Waals surface area contributed by atoms with E-state index in [0.717, 1.165) is 12.5 Å². The van der Waals surface area contributed by atoms with E-state index in [1.807, 2.05) is 11.8 Å². The number of anilines is 1. The van der Waals surface area contributed by atoms with Crippen LogP contribution in [0.4, 0.5) is 10.2 Å². The maximum absolute atomic E-state index is 13.5. The van der Waals surface area contributed by atoms with Gasteiger partial charge in [0.2, 0.25) is 15.0 Å². The molecule has 1 fully saturated rings. The molecular formula is C15H17FN4O3S. The van der Waals surface area contributed by atoms with Crippen molar-refractivity contribution in [3.63, 3.8) is 0 Å². The Morgan fingerprint density at radius 3 is 2.75 bits per heavy atom. The molecule has 2 aromatic rings. The van der Waals surface area contributed by atoms with Gasteiger partial charge in [-0.05, 0) is 13.0 Å². The minimum atomic E-state index is -3.62. The summed E-state index contributed by atoms with van der Waals surface area (Å²) >= 11 is 0. The summed E-state index contributed by atoms with van der Waals surface area (Å²) in [5.74, 6) is -0.0474. The van der Waals surface area contributed by atoms with Crippen LogP contribution in [-0.4, -0.2) is 55.4 Å². The average Bonchev–Trinajstić information content (AvgIpc) is 2.54. The molecule has 0 amide bonds. The largest absolute Gasteiger partial charge is 0.377 e. The fraction of sp³-hybridized carbons (Fsp3) is 0.400. The molecule has 0 aliphatic carbocycles. The molecule has 0 unspecified atom stereocenters. The third-order valence-electron chi connectivity index (χ3n) is 3.69. The van der Waals surface area contributed by atoms with E-state index < -0.39 is 15.7 Å². The summed E-state index contributed by atoms with van der Waals surface area (Å²) < 4.78 is 42.7. The normalized spacial score (nSPS) is 18.6. The molecule has 0 saturated carbocycles. The Labute approximate surface area is 139 Å². The van der Waals surface area contributed by atoms with Crippen molar-refractivity contribution in [3.8, 4) is 11.3 Å². The SMILES string of the molecule is C[C@H]1COCCN1c1cc(-c2cncc(F)c2)nc(S(C)(=O)=O)n1. The van der Waals surface area contributed by atoms with Crippen LogP contribution in [0.15, 0.2) is 29.7 Å². The number of halogens is 1. The monoisotopic (exact) mass is 352 g/mol. The van der Waals surface area contributed by atoms with Crippen molar-refractivity contribution in [2.24, 2.45) is 0 Å². The minimum Gasteiger partial charge on any atom is -0.377 e. The van der Waals surface area contributed by atoms with Crippen LogP contribution in [0.1, 0.15) is 6.92 Å². The average molecular weight is 352 g/mol. The lowest BCUT2D eigenvalue weighted by Gasteiger charge is -2.34. The van der Waals surface area contributed by atoms with Crippen LogP contribution in [0.3, 0.4) is 0 Å². The van der Waals surface area contributed by atoms with Gasteiger partial charge >= 0.3 is 0 Å². The zero-order chi connectivity index (χ0) is 17.3. The Hall–Kier alpha value is -2.13. The summed E-state index contributed by atoms with van der Waals surface area (Å²) in [5.41, 5.74) is 0.704. The maximum atomic E-state index is 13.5. The molecule has 0 N–H and O–H groups in total. The molecule has 1 saturated heterocycles. The number of pyridine rings is 1. The highest BCUT2D eigenvalue weighted by atomic mass is 32.2. The lowest BCUT2D eigenvalue weighted by molar-refractivity contribution is 0.0984. The first kappa shape index (κ1) is 16.7. The number of sulfone groups is 1. The standard InChI is InChI=1S/C15H17FN4O3S/c1-10-9-23-4-3-20(10)14-6-13(11-5-12(16)8-17-7-11)18-15(19-14)24(2,21)22/h5-8,10H,3-4,9H2,1-2H3/t10-/m0/s1. The van der Waals surface area contributed by atoms with Crippen molar-refractivity contribution in [2.45, 2.75) is 18.1 Å². The Morgan fingerprint density at radius 2 is 2.08 bits per heavy atom. The fourth-order valence-corrected chi connectivity index (χ4v) is 3.02. The highest BCUT2D eigenvalue weighted by Gasteiger charge is 2.24. The smallest absolute Gasteiger partial charge is 0.249 e. The van der Waals surface area contributed by atoms with Gasteiger partial charge in [0.1, 0.15) is 11.6 Å². The number of ether oxygens (including phenoxy) is 1. The number of rotatable bonds is 3. The van der Waals surface area contributed by atoms with Crippen LogP contribution < -0.4 is 4.90 Å². The van der Waals surface area contributed by atoms with Gasteiger partial charge in [-0.25, -0.2) is 22.8 Å². The lowest BCUT2D eigenvalue weighted by Crippen LogP contribution is -2.44. The fourth-order valence-electron chi connectivity index (χ4n) is 2.49. The Balaban J connectivity index is 2.14. The van der Waals surface area contributed by atoms with Crippen molar-refractivity contribution in [2.75, 3.05) is 30.9 Å². The minimum absolute atomic E-state index is 0.0412. The van der Waals surface area contributed by atoms with Crippen LogP contribution in [-0.2, 0) is 14.6 Å². The summed E-state index contributed by atoms with van der Waals surface area (Å²) in [5, 5.41) is -0.294. The first-order chi connectivity index (χ1) is 11.3. The summed E-state index contributed by atoms with van der Waals surface area (Å²) in [4.78, 5) is 14.0. The molecule has 9 heteroatoms. The second-order valence-electron chi connectivity index (χ2n) is 5.68. The molecule has 0 aromatic carbocycles. The molecule has 128 valence electrons. The Bertz CT molecular complexity index is 860. The highest BCUT2D eigenvalue weighted by Crippen LogP contribution is 2.25. The summed E-state index contributed by atoms with van der Waals surface area (Å²) in [7, 11) is -3.62. The highest BCUT2D eigenvalue weighted by molar-refractivity contribution is 7.90.